The minimum absolute atomic E-state index is 0.137. The minimum atomic E-state index is 0.137. The predicted octanol–water partition coefficient (Wildman–Crippen LogP) is 3.01. The second kappa shape index (κ2) is 3.53. The Morgan fingerprint density at radius 1 is 1.33 bits per heavy atom. The third-order valence-electron chi connectivity index (χ3n) is 1.96. The molecule has 0 N–H and O–H groups in total. The molecule has 0 saturated heterocycles. The van der Waals surface area contributed by atoms with Crippen LogP contribution in [0.25, 0.3) is 0 Å². The van der Waals surface area contributed by atoms with Gasteiger partial charge in [0.05, 0.1) is 0 Å². The van der Waals surface area contributed by atoms with Gasteiger partial charge in [-0.15, -0.1) is 0 Å². The Kier molecular flexibility index (Phi) is 2.64. The lowest BCUT2D eigenvalue weighted by Gasteiger charge is -2.05. The van der Waals surface area contributed by atoms with Crippen LogP contribution in [-0.2, 0) is 0 Å². The molecule has 0 radical (unpaired) electrons. The van der Waals surface area contributed by atoms with Crippen molar-refractivity contribution in [1.29, 1.82) is 0 Å². The van der Waals surface area contributed by atoms with E-state index < -0.39 is 0 Å². The van der Waals surface area contributed by atoms with Crippen molar-refractivity contribution in [3.8, 4) is 0 Å². The smallest absolute Gasteiger partial charge is 0.159 e. The molecule has 0 saturated carbocycles. The molecule has 0 bridgehead atoms. The van der Waals surface area contributed by atoms with Crippen LogP contribution in [0.1, 0.15) is 42.6 Å². The lowest BCUT2D eigenvalue weighted by atomic mass is 10.00. The number of ketones is 1. The fraction of sp³-hybridized carbons (Fsp3) is 0.364. The summed E-state index contributed by atoms with van der Waals surface area (Å²) in [6, 6.07) is 7.81. The van der Waals surface area contributed by atoms with Crippen molar-refractivity contribution in [2.75, 3.05) is 0 Å². The van der Waals surface area contributed by atoms with Gasteiger partial charge in [0.25, 0.3) is 0 Å². The molecule has 0 spiro atoms. The summed E-state index contributed by atoms with van der Waals surface area (Å²) in [4.78, 5) is 11.0. The predicted molar refractivity (Wildman–Crippen MR) is 50.5 cm³/mol. The molecule has 64 valence electrons. The average Bonchev–Trinajstić information content (AvgIpc) is 2.04. The van der Waals surface area contributed by atoms with Crippen molar-refractivity contribution in [3.05, 3.63) is 35.4 Å². The fourth-order valence-corrected chi connectivity index (χ4v) is 1.12. The molecular formula is C11H14O. The van der Waals surface area contributed by atoms with Crippen molar-refractivity contribution >= 4 is 5.78 Å². The van der Waals surface area contributed by atoms with E-state index in [1.165, 1.54) is 5.56 Å². The molecule has 1 nitrogen and oxygen atoms in total. The second-order valence-corrected chi connectivity index (χ2v) is 3.34. The van der Waals surface area contributed by atoms with E-state index in [1.54, 1.807) is 6.92 Å². The Hall–Kier alpha value is -1.11. The van der Waals surface area contributed by atoms with Crippen LogP contribution in [0.2, 0.25) is 0 Å². The number of Topliss-reactive ketones (excluding diaryl/α,β-unsaturated/α-hetero) is 1. The molecule has 0 atom stereocenters. The van der Waals surface area contributed by atoms with Crippen molar-refractivity contribution in [3.63, 3.8) is 0 Å². The third kappa shape index (κ3) is 1.94. The van der Waals surface area contributed by atoms with E-state index in [0.29, 0.717) is 5.92 Å². The first-order chi connectivity index (χ1) is 5.61. The van der Waals surface area contributed by atoms with Crippen LogP contribution >= 0.6 is 0 Å². The van der Waals surface area contributed by atoms with E-state index in [1.807, 2.05) is 18.2 Å². The number of carbonyl (C=O) groups excluding carboxylic acids is 1. The summed E-state index contributed by atoms with van der Waals surface area (Å²) in [6.45, 7) is 5.85. The van der Waals surface area contributed by atoms with Gasteiger partial charge in [-0.05, 0) is 24.5 Å². The largest absolute Gasteiger partial charge is 0.295 e. The fourth-order valence-electron chi connectivity index (χ4n) is 1.12. The quantitative estimate of drug-likeness (QED) is 0.611. The summed E-state index contributed by atoms with van der Waals surface area (Å²) in [5.74, 6) is 0.627. The van der Waals surface area contributed by atoms with Gasteiger partial charge < -0.3 is 0 Å². The highest BCUT2D eigenvalue weighted by molar-refractivity contribution is 5.94. The molecule has 0 fully saturated rings. The van der Waals surface area contributed by atoms with Crippen LogP contribution in [0, 0.1) is 0 Å². The highest BCUT2D eigenvalue weighted by Gasteiger charge is 2.02. The zero-order chi connectivity index (χ0) is 9.14. The van der Waals surface area contributed by atoms with Gasteiger partial charge in [0.1, 0.15) is 0 Å². The monoisotopic (exact) mass is 162 g/mol. The van der Waals surface area contributed by atoms with Crippen LogP contribution in [0.15, 0.2) is 24.3 Å². The molecular weight excluding hydrogens is 148 g/mol. The summed E-state index contributed by atoms with van der Waals surface area (Å²) in [7, 11) is 0. The van der Waals surface area contributed by atoms with E-state index in [9.17, 15) is 4.79 Å². The van der Waals surface area contributed by atoms with Gasteiger partial charge in [0.2, 0.25) is 0 Å². The molecule has 0 heterocycles. The van der Waals surface area contributed by atoms with E-state index in [4.69, 9.17) is 0 Å². The normalized spacial score (nSPS) is 10.3. The van der Waals surface area contributed by atoms with Crippen molar-refractivity contribution < 1.29 is 4.79 Å². The van der Waals surface area contributed by atoms with Gasteiger partial charge in [-0.3, -0.25) is 4.79 Å². The molecule has 1 aromatic rings. The zero-order valence-corrected chi connectivity index (χ0v) is 7.79. The Labute approximate surface area is 73.4 Å². The number of rotatable bonds is 2. The third-order valence-corrected chi connectivity index (χ3v) is 1.96. The Bertz CT molecular complexity index is 287. The number of benzene rings is 1. The molecule has 1 rings (SSSR count). The van der Waals surface area contributed by atoms with Gasteiger partial charge in [-0.1, -0.05) is 32.0 Å². The van der Waals surface area contributed by atoms with Crippen molar-refractivity contribution in [1.82, 2.24) is 0 Å². The van der Waals surface area contributed by atoms with E-state index in [-0.39, 0.29) is 5.78 Å². The molecule has 0 aliphatic rings. The van der Waals surface area contributed by atoms with E-state index in [2.05, 4.69) is 19.9 Å². The zero-order valence-electron chi connectivity index (χ0n) is 7.79. The summed E-state index contributed by atoms with van der Waals surface area (Å²) in [5, 5.41) is 0. The topological polar surface area (TPSA) is 17.1 Å². The number of carbonyl (C=O) groups is 1. The first kappa shape index (κ1) is 8.98. The van der Waals surface area contributed by atoms with Gasteiger partial charge in [0.15, 0.2) is 5.78 Å². The summed E-state index contributed by atoms with van der Waals surface area (Å²) in [6.07, 6.45) is 0. The first-order valence-electron chi connectivity index (χ1n) is 4.22. The Balaban J connectivity index is 3.04. The molecule has 0 amide bonds. The summed E-state index contributed by atoms with van der Waals surface area (Å²) < 4.78 is 0. The maximum atomic E-state index is 11.0. The van der Waals surface area contributed by atoms with Crippen LogP contribution in [0.3, 0.4) is 0 Å². The van der Waals surface area contributed by atoms with E-state index >= 15 is 0 Å². The Morgan fingerprint density at radius 2 is 2.00 bits per heavy atom. The molecule has 0 aliphatic carbocycles. The van der Waals surface area contributed by atoms with Crippen LogP contribution in [-0.4, -0.2) is 5.78 Å². The summed E-state index contributed by atoms with van der Waals surface area (Å²) in [5.41, 5.74) is 2.03. The number of hydrogen-bond donors (Lipinski definition) is 0. The Morgan fingerprint density at radius 3 is 2.50 bits per heavy atom. The first-order valence-corrected chi connectivity index (χ1v) is 4.22. The van der Waals surface area contributed by atoms with Crippen molar-refractivity contribution in [2.45, 2.75) is 26.7 Å². The standard InChI is InChI=1S/C11H14O/c1-8(2)10-5-4-6-11(7-10)9(3)12/h4-8H,1-3H3. The SMILES string of the molecule is CC(=O)c1cccc(C(C)C)c1. The average molecular weight is 162 g/mol. The van der Waals surface area contributed by atoms with Crippen LogP contribution in [0.5, 0.6) is 0 Å². The maximum absolute atomic E-state index is 11.0. The minimum Gasteiger partial charge on any atom is -0.295 e. The summed E-state index contributed by atoms with van der Waals surface area (Å²) >= 11 is 0. The van der Waals surface area contributed by atoms with Gasteiger partial charge in [-0.25, -0.2) is 0 Å². The van der Waals surface area contributed by atoms with E-state index in [0.717, 1.165) is 5.56 Å². The van der Waals surface area contributed by atoms with Crippen molar-refractivity contribution in [2.24, 2.45) is 0 Å². The number of hydrogen-bond acceptors (Lipinski definition) is 1. The molecule has 0 unspecified atom stereocenters. The molecule has 1 heteroatoms. The molecule has 0 aliphatic heterocycles. The maximum Gasteiger partial charge on any atom is 0.159 e. The van der Waals surface area contributed by atoms with Crippen LogP contribution in [0.4, 0.5) is 0 Å². The lowest BCUT2D eigenvalue weighted by molar-refractivity contribution is 0.101. The lowest BCUT2D eigenvalue weighted by Crippen LogP contribution is -1.94. The second-order valence-electron chi connectivity index (χ2n) is 3.34. The molecule has 0 aromatic heterocycles. The highest BCUT2D eigenvalue weighted by Crippen LogP contribution is 2.15. The van der Waals surface area contributed by atoms with Gasteiger partial charge >= 0.3 is 0 Å². The molecule has 12 heavy (non-hydrogen) atoms. The highest BCUT2D eigenvalue weighted by atomic mass is 16.1. The van der Waals surface area contributed by atoms with Crippen LogP contribution < -0.4 is 0 Å². The van der Waals surface area contributed by atoms with Gasteiger partial charge in [0, 0.05) is 5.56 Å². The molecule has 1 aromatic carbocycles. The van der Waals surface area contributed by atoms with Gasteiger partial charge in [-0.2, -0.15) is 0 Å².